The number of hydrogen-bond donors (Lipinski definition) is 0. The Morgan fingerprint density at radius 2 is 1.88 bits per heavy atom. The third-order valence-corrected chi connectivity index (χ3v) is 4.78. The van der Waals surface area contributed by atoms with Crippen LogP contribution >= 0.6 is 11.8 Å². The van der Waals surface area contributed by atoms with Crippen molar-refractivity contribution in [2.24, 2.45) is 0 Å². The Balaban J connectivity index is 1.79. The van der Waals surface area contributed by atoms with E-state index in [0.29, 0.717) is 23.3 Å². The molecular weight excluding hydrogens is 363 g/mol. The van der Waals surface area contributed by atoms with Crippen molar-refractivity contribution in [3.63, 3.8) is 0 Å². The van der Waals surface area contributed by atoms with Gasteiger partial charge in [0, 0.05) is 12.2 Å². The molecule has 0 fully saturated rings. The number of aromatic nitrogens is 2. The van der Waals surface area contributed by atoms with Crippen LogP contribution in [0, 0.1) is 5.82 Å². The molecule has 0 aliphatic rings. The maximum atomic E-state index is 13.4. The van der Waals surface area contributed by atoms with E-state index in [2.05, 4.69) is 4.98 Å². The van der Waals surface area contributed by atoms with Gasteiger partial charge >= 0.3 is 6.55 Å². The largest absolute Gasteiger partial charge is 0.321 e. The van der Waals surface area contributed by atoms with Gasteiger partial charge in [0.1, 0.15) is 5.82 Å². The summed E-state index contributed by atoms with van der Waals surface area (Å²) >= 11 is 0.957. The smallest absolute Gasteiger partial charge is 0.312 e. The molecule has 0 saturated carbocycles. The van der Waals surface area contributed by atoms with Crippen LogP contribution in [0.2, 0.25) is 0 Å². The lowest BCUT2D eigenvalue weighted by Crippen LogP contribution is -2.32. The number of rotatable bonds is 6. The Bertz CT molecular complexity index is 912. The molecular formula is C18H16F3N3OS. The van der Waals surface area contributed by atoms with E-state index in [-0.39, 0.29) is 16.8 Å². The standard InChI is InChI=1S/C18H16F3N3OS/c1-2-23(13-9-7-12(19)8-10-13)16(25)11-26-18-22-14-5-3-4-6-15(14)24(18)17(20)21/h3-10,17H,2,11H2,1H3. The second-order valence-electron chi connectivity index (χ2n) is 5.43. The minimum Gasteiger partial charge on any atom is -0.312 e. The lowest BCUT2D eigenvalue weighted by molar-refractivity contribution is -0.116. The number of hydrogen-bond acceptors (Lipinski definition) is 3. The van der Waals surface area contributed by atoms with Gasteiger partial charge < -0.3 is 4.90 Å². The Hall–Kier alpha value is -2.48. The molecule has 136 valence electrons. The fourth-order valence-electron chi connectivity index (χ4n) is 2.64. The number of para-hydroxylation sites is 2. The highest BCUT2D eigenvalue weighted by Crippen LogP contribution is 2.29. The number of thioether (sulfide) groups is 1. The molecule has 0 saturated heterocycles. The van der Waals surface area contributed by atoms with Crippen molar-refractivity contribution in [3.8, 4) is 0 Å². The van der Waals surface area contributed by atoms with Gasteiger partial charge in [-0.3, -0.25) is 9.36 Å². The first-order valence-corrected chi connectivity index (χ1v) is 8.93. The van der Waals surface area contributed by atoms with Crippen LogP contribution in [0.5, 0.6) is 0 Å². The first-order chi connectivity index (χ1) is 12.5. The molecule has 0 bridgehead atoms. The van der Waals surface area contributed by atoms with Gasteiger partial charge in [0.15, 0.2) is 5.16 Å². The Morgan fingerprint density at radius 3 is 2.54 bits per heavy atom. The number of carbonyl (C=O) groups is 1. The lowest BCUT2D eigenvalue weighted by Gasteiger charge is -2.20. The molecule has 4 nitrogen and oxygen atoms in total. The van der Waals surface area contributed by atoms with Crippen LogP contribution in [0.4, 0.5) is 18.9 Å². The molecule has 1 amide bonds. The highest BCUT2D eigenvalue weighted by atomic mass is 32.2. The van der Waals surface area contributed by atoms with Gasteiger partial charge in [-0.25, -0.2) is 9.37 Å². The zero-order chi connectivity index (χ0) is 18.7. The van der Waals surface area contributed by atoms with Gasteiger partial charge in [-0.15, -0.1) is 0 Å². The summed E-state index contributed by atoms with van der Waals surface area (Å²) in [6.07, 6.45) is 0. The number of imidazole rings is 1. The summed E-state index contributed by atoms with van der Waals surface area (Å²) in [6, 6.07) is 12.2. The van der Waals surface area contributed by atoms with E-state index in [1.807, 2.05) is 0 Å². The zero-order valence-corrected chi connectivity index (χ0v) is 14.7. The summed E-state index contributed by atoms with van der Waals surface area (Å²) in [5, 5.41) is 0.0877. The molecule has 0 atom stereocenters. The fraction of sp³-hybridized carbons (Fsp3) is 0.222. The Morgan fingerprint density at radius 1 is 1.19 bits per heavy atom. The van der Waals surface area contributed by atoms with Crippen LogP contribution in [0.15, 0.2) is 53.7 Å². The molecule has 0 aliphatic heterocycles. The summed E-state index contributed by atoms with van der Waals surface area (Å²) in [5.74, 6) is -0.712. The van der Waals surface area contributed by atoms with Crippen molar-refractivity contribution < 1.29 is 18.0 Å². The minimum atomic E-state index is -2.75. The lowest BCUT2D eigenvalue weighted by atomic mass is 10.3. The van der Waals surface area contributed by atoms with Gasteiger partial charge in [0.25, 0.3) is 0 Å². The van der Waals surface area contributed by atoms with Crippen LogP contribution in [0.1, 0.15) is 13.5 Å². The van der Waals surface area contributed by atoms with Crippen molar-refractivity contribution in [3.05, 3.63) is 54.3 Å². The molecule has 26 heavy (non-hydrogen) atoms. The van der Waals surface area contributed by atoms with Gasteiger partial charge in [0.2, 0.25) is 5.91 Å². The average molecular weight is 379 g/mol. The summed E-state index contributed by atoms with van der Waals surface area (Å²) in [5.41, 5.74) is 1.33. The topological polar surface area (TPSA) is 38.1 Å². The molecule has 0 aliphatic carbocycles. The fourth-order valence-corrected chi connectivity index (χ4v) is 3.53. The Kier molecular flexibility index (Phi) is 5.51. The molecule has 0 spiro atoms. The molecule has 8 heteroatoms. The van der Waals surface area contributed by atoms with Crippen LogP contribution < -0.4 is 4.90 Å². The predicted molar refractivity (Wildman–Crippen MR) is 96.1 cm³/mol. The summed E-state index contributed by atoms with van der Waals surface area (Å²) in [6.45, 7) is -0.573. The second kappa shape index (κ2) is 7.82. The summed E-state index contributed by atoms with van der Waals surface area (Å²) in [7, 11) is 0. The molecule has 3 aromatic rings. The maximum Gasteiger partial charge on any atom is 0.321 e. The predicted octanol–water partition coefficient (Wildman–Crippen LogP) is 4.72. The number of halogens is 3. The number of fused-ring (bicyclic) bond motifs is 1. The van der Waals surface area contributed by atoms with Crippen molar-refractivity contribution >= 4 is 34.4 Å². The third kappa shape index (κ3) is 3.70. The quantitative estimate of drug-likeness (QED) is 0.582. The van der Waals surface area contributed by atoms with Gasteiger partial charge in [0.05, 0.1) is 16.8 Å². The van der Waals surface area contributed by atoms with E-state index in [4.69, 9.17) is 0 Å². The van der Waals surface area contributed by atoms with Crippen LogP contribution in [-0.4, -0.2) is 27.8 Å². The third-order valence-electron chi connectivity index (χ3n) is 3.84. The number of anilines is 1. The van der Waals surface area contributed by atoms with E-state index in [1.165, 1.54) is 29.2 Å². The monoisotopic (exact) mass is 379 g/mol. The molecule has 2 aromatic carbocycles. The number of nitrogens with zero attached hydrogens (tertiary/aromatic N) is 3. The summed E-state index contributed by atoms with van der Waals surface area (Å²) < 4.78 is 40.7. The highest BCUT2D eigenvalue weighted by Gasteiger charge is 2.20. The van der Waals surface area contributed by atoms with Crippen LogP contribution in [0.3, 0.4) is 0 Å². The SMILES string of the molecule is CCN(C(=O)CSc1nc2ccccc2n1C(F)F)c1ccc(F)cc1. The van der Waals surface area contributed by atoms with E-state index in [9.17, 15) is 18.0 Å². The number of benzene rings is 2. The first-order valence-electron chi connectivity index (χ1n) is 7.95. The van der Waals surface area contributed by atoms with Crippen molar-refractivity contribution in [2.45, 2.75) is 18.6 Å². The van der Waals surface area contributed by atoms with Gasteiger partial charge in [-0.05, 0) is 43.3 Å². The van der Waals surface area contributed by atoms with Crippen LogP contribution in [-0.2, 0) is 4.79 Å². The molecule has 0 unspecified atom stereocenters. The van der Waals surface area contributed by atoms with Gasteiger partial charge in [-0.1, -0.05) is 23.9 Å². The zero-order valence-electron chi connectivity index (χ0n) is 13.9. The number of amides is 1. The van der Waals surface area contributed by atoms with E-state index in [1.54, 1.807) is 31.2 Å². The Labute approximate surface area is 152 Å². The van der Waals surface area contributed by atoms with Crippen molar-refractivity contribution in [1.82, 2.24) is 9.55 Å². The maximum absolute atomic E-state index is 13.4. The van der Waals surface area contributed by atoms with Crippen molar-refractivity contribution in [2.75, 3.05) is 17.2 Å². The van der Waals surface area contributed by atoms with Crippen LogP contribution in [0.25, 0.3) is 11.0 Å². The van der Waals surface area contributed by atoms with Crippen molar-refractivity contribution in [1.29, 1.82) is 0 Å². The molecule has 0 radical (unpaired) electrons. The van der Waals surface area contributed by atoms with E-state index < -0.39 is 12.4 Å². The van der Waals surface area contributed by atoms with Gasteiger partial charge in [-0.2, -0.15) is 8.78 Å². The molecule has 1 aromatic heterocycles. The highest BCUT2D eigenvalue weighted by molar-refractivity contribution is 7.99. The summed E-state index contributed by atoms with van der Waals surface area (Å²) in [4.78, 5) is 18.2. The molecule has 3 rings (SSSR count). The normalized spacial score (nSPS) is 11.3. The average Bonchev–Trinajstić information content (AvgIpc) is 3.00. The first kappa shape index (κ1) is 18.3. The minimum absolute atomic E-state index is 0.0543. The molecule has 1 heterocycles. The second-order valence-corrected chi connectivity index (χ2v) is 6.38. The molecule has 0 N–H and O–H groups in total. The van der Waals surface area contributed by atoms with E-state index in [0.717, 1.165) is 16.3 Å². The number of carbonyl (C=O) groups excluding carboxylic acids is 1. The number of alkyl halides is 2. The van der Waals surface area contributed by atoms with E-state index >= 15 is 0 Å².